The van der Waals surface area contributed by atoms with E-state index in [9.17, 15) is 49.5 Å². The zero-order valence-corrected chi connectivity index (χ0v) is 76.5. The number of aliphatic hydroxyl groups excluding tert-OH is 5. The third-order valence-electron chi connectivity index (χ3n) is 22.3. The van der Waals surface area contributed by atoms with E-state index in [0.29, 0.717) is 76.8 Å². The lowest BCUT2D eigenvalue weighted by atomic mass is 10.0. The minimum absolute atomic E-state index is 0.182. The Hall–Kier alpha value is -16.0. The van der Waals surface area contributed by atoms with Crippen molar-refractivity contribution in [2.45, 2.75) is 63.3 Å². The molecule has 15 heterocycles. The van der Waals surface area contributed by atoms with Crippen LogP contribution in [-0.4, -0.2) is 199 Å². The molecule has 41 heteroatoms. The Balaban J connectivity index is 0.000000125. The first-order valence-corrected chi connectivity index (χ1v) is 44.8. The zero-order valence-electron chi connectivity index (χ0n) is 73.5. The number of halogens is 4. The molecule has 0 radical (unpaired) electrons. The maximum Gasteiger partial charge on any atom is 0.268 e. The van der Waals surface area contributed by atoms with Crippen molar-refractivity contribution in [1.29, 1.82) is 0 Å². The molecule has 0 bridgehead atoms. The van der Waals surface area contributed by atoms with Gasteiger partial charge in [-0.3, -0.25) is 24.0 Å². The van der Waals surface area contributed by atoms with Crippen LogP contribution in [0.4, 0.5) is 5.82 Å². The molecule has 0 fully saturated rings. The number of aryl methyl sites for hydroxylation is 2. The molecule has 138 heavy (non-hydrogen) atoms. The molecule has 5 amide bonds. The molecule has 37 nitrogen and oxygen atoms in total. The van der Waals surface area contributed by atoms with E-state index in [0.717, 1.165) is 149 Å². The number of H-pyrrole nitrogens is 9. The molecule has 5 aromatic carbocycles. The van der Waals surface area contributed by atoms with E-state index < -0.39 is 30.2 Å². The third kappa shape index (κ3) is 22.6. The van der Waals surface area contributed by atoms with Gasteiger partial charge >= 0.3 is 0 Å². The minimum Gasteiger partial charge on any atom is -0.394 e. The van der Waals surface area contributed by atoms with Crippen LogP contribution in [0.25, 0.3) is 101 Å². The molecule has 0 spiro atoms. The predicted molar refractivity (Wildman–Crippen MR) is 522 cm³/mol. The van der Waals surface area contributed by atoms with Gasteiger partial charge in [0.2, 0.25) is 0 Å². The van der Waals surface area contributed by atoms with Crippen molar-refractivity contribution in [3.63, 3.8) is 0 Å². The van der Waals surface area contributed by atoms with Crippen LogP contribution < -0.4 is 31.9 Å². The lowest BCUT2D eigenvalue weighted by molar-refractivity contribution is 0.0905. The number of hydrogen-bond donors (Lipinski definition) is 20. The van der Waals surface area contributed by atoms with Crippen molar-refractivity contribution < 1.29 is 49.5 Å². The van der Waals surface area contributed by atoms with Crippen molar-refractivity contribution >= 4 is 126 Å². The first kappa shape index (κ1) is 95.2. The number of nitrogens with one attached hydrogen (secondary N) is 15. The van der Waals surface area contributed by atoms with Gasteiger partial charge in [-0.25, -0.2) is 59.8 Å². The second-order valence-corrected chi connectivity index (χ2v) is 33.3. The number of hydrogen-bond acceptors (Lipinski definition) is 23. The Morgan fingerprint density at radius 2 is 0.717 bits per heavy atom. The minimum atomic E-state index is -0.571. The van der Waals surface area contributed by atoms with Crippen molar-refractivity contribution in [3.8, 4) is 56.3 Å². The Bertz CT molecular complexity index is 7090. The van der Waals surface area contributed by atoms with E-state index in [1.807, 2.05) is 49.4 Å². The van der Waals surface area contributed by atoms with Crippen molar-refractivity contribution in [2.24, 2.45) is 0 Å². The Kier molecular flexibility index (Phi) is 30.7. The largest absolute Gasteiger partial charge is 0.394 e. The first-order chi connectivity index (χ1) is 67.2. The molecule has 20 rings (SSSR count). The molecule has 0 aliphatic carbocycles. The number of carbonyl (C=O) groups excluding carboxylic acids is 5. The fourth-order valence-corrected chi connectivity index (χ4v) is 16.2. The van der Waals surface area contributed by atoms with E-state index in [2.05, 4.69) is 143 Å². The average Bonchev–Trinajstić information content (AvgIpc) is 1.66. The Morgan fingerprint density at radius 3 is 1.11 bits per heavy atom. The summed E-state index contributed by atoms with van der Waals surface area (Å²) in [6.07, 6.45) is 23.7. The van der Waals surface area contributed by atoms with Gasteiger partial charge in [-0.1, -0.05) is 132 Å². The second-order valence-electron chi connectivity index (χ2n) is 31.5. The molecule has 1 aliphatic rings. The summed E-state index contributed by atoms with van der Waals surface area (Å²) in [6, 6.07) is 45.5. The summed E-state index contributed by atoms with van der Waals surface area (Å²) in [5.74, 6) is 0.0607. The van der Waals surface area contributed by atoms with Crippen molar-refractivity contribution in [3.05, 3.63) is 338 Å². The van der Waals surface area contributed by atoms with Gasteiger partial charge in [0.15, 0.2) is 11.3 Å². The molecular formula is C97H89Cl4N27O10. The number of aromatic nitrogens is 21. The van der Waals surface area contributed by atoms with Crippen molar-refractivity contribution in [1.82, 2.24) is 131 Å². The van der Waals surface area contributed by atoms with Gasteiger partial charge in [0.25, 0.3) is 29.5 Å². The molecular weight excluding hydrogens is 1850 g/mol. The summed E-state index contributed by atoms with van der Waals surface area (Å²) in [6.45, 7) is 3.73. The summed E-state index contributed by atoms with van der Waals surface area (Å²) in [5, 5.41) is 69.6. The van der Waals surface area contributed by atoms with Gasteiger partial charge in [0.05, 0.1) is 86.7 Å². The highest BCUT2D eigenvalue weighted by Crippen LogP contribution is 2.34. The predicted octanol–water partition coefficient (Wildman–Crippen LogP) is 14.2. The quantitative estimate of drug-likeness (QED) is 0.0227. The number of imidazole rings is 2. The lowest BCUT2D eigenvalue weighted by Crippen LogP contribution is -2.31. The first-order valence-electron chi connectivity index (χ1n) is 43.3. The van der Waals surface area contributed by atoms with Crippen LogP contribution >= 0.6 is 46.4 Å². The SMILES string of the molecule is CCCc1nc2ncnc(-c3c[nH]c(C(=O)NC(CO)c4cccc(Cl)c4)c3)c2[nH]1.Cc1cccc([C@@H](CO)NC(=O)c2cc(-c3ncnc4[nH]ccc34)c[nH]2)c1.O=C(NC(CO)c1cccc(Cl)c1)c1cc(-c2ncnc3[nH]ccc23)c[nH]1.O=C(NC(CO)c1cccc(Cl)c1)c1cc(-c2ncnc3c2CCN3)c[nH]1.O=C(NC(CO)c1cccc(Cl)c1)c1cc(-c2ncnc3nc[nH]c23)c[nH]1. The summed E-state index contributed by atoms with van der Waals surface area (Å²) < 4.78 is 0. The number of benzene rings is 5. The highest BCUT2D eigenvalue weighted by Gasteiger charge is 2.27. The van der Waals surface area contributed by atoms with Crippen LogP contribution in [0, 0.1) is 6.92 Å². The van der Waals surface area contributed by atoms with E-state index in [-0.39, 0.29) is 62.6 Å². The number of amides is 5. The van der Waals surface area contributed by atoms with Crippen molar-refractivity contribution in [2.75, 3.05) is 44.9 Å². The molecule has 1 aliphatic heterocycles. The molecule has 5 atom stereocenters. The summed E-state index contributed by atoms with van der Waals surface area (Å²) in [7, 11) is 0. The number of carbonyl (C=O) groups is 5. The van der Waals surface area contributed by atoms with Gasteiger partial charge in [-0.05, 0) is 139 Å². The smallest absolute Gasteiger partial charge is 0.268 e. The van der Waals surface area contributed by atoms with E-state index in [4.69, 9.17) is 46.4 Å². The molecule has 14 aromatic heterocycles. The van der Waals surface area contributed by atoms with E-state index >= 15 is 0 Å². The standard InChI is InChI=1S/C21H21ClN6O2.C20H19N5O2.C19H18ClN5O2.C19H16ClN5O2.C18H15ClN6O2/c1-2-4-17-27-19-18(24-11-25-20(19)28-17)13-8-15(23-9-13)21(30)26-16(10-29)12-5-3-6-14(22)7-12;1-12-3-2-4-13(7-12)17(10-26)25-20(27)16-8-14(9-22-16)18-15-5-6-21-19(15)24-11-23-18;2*20-13-3-1-2-11(6-13)16(9-26)25-19(27)15-7-12(8-22-15)17-14-4-5-21-18(14)24-10-23-17;19-12-3-1-2-10(4-12)14(7-26)25-18(27)13-5-11(6-20-13)15-16-17(23-8-21-15)24-9-22-16/h3,5-9,11,16,23,29H,2,4,10H2,1H3,(H,26,30)(H,24,25,27,28);2-9,11,17,22,26H,10H2,1H3,(H,25,27)(H,21,23,24);1-3,6-8,10,16,22,26H,4-5,9H2,(H,25,27)(H,21,23,24);1-8,10,16,22,26H,9H2,(H,25,27)(H,21,23,24);1-6,8-9,14,20,26H,7H2,(H,25,27)(H,21,22,23,24)/t;17-;;;/m.1.../s1. The molecule has 700 valence electrons. The number of aromatic amines is 9. The topological polar surface area (TPSA) is 555 Å². The van der Waals surface area contributed by atoms with E-state index in [1.165, 1.54) is 31.6 Å². The molecule has 0 saturated carbocycles. The highest BCUT2D eigenvalue weighted by atomic mass is 35.5. The van der Waals surface area contributed by atoms with Crippen LogP contribution in [0.5, 0.6) is 0 Å². The molecule has 19 aromatic rings. The van der Waals surface area contributed by atoms with Crippen LogP contribution in [-0.2, 0) is 12.8 Å². The van der Waals surface area contributed by atoms with Gasteiger partial charge in [-0.2, -0.15) is 0 Å². The number of fused-ring (bicyclic) bond motifs is 5. The van der Waals surface area contributed by atoms with Crippen LogP contribution in [0.3, 0.4) is 0 Å². The monoisotopic (exact) mass is 1930 g/mol. The maximum atomic E-state index is 12.7. The third-order valence-corrected chi connectivity index (χ3v) is 23.2. The summed E-state index contributed by atoms with van der Waals surface area (Å²) in [5.41, 5.74) is 19.3. The summed E-state index contributed by atoms with van der Waals surface area (Å²) >= 11 is 24.0. The van der Waals surface area contributed by atoms with Crippen LogP contribution in [0.15, 0.2) is 245 Å². The highest BCUT2D eigenvalue weighted by molar-refractivity contribution is 6.31. The normalized spacial score (nSPS) is 12.5. The van der Waals surface area contributed by atoms with E-state index in [1.54, 1.807) is 171 Å². The fraction of sp³-hybridized carbons (Fsp3) is 0.165. The average molecular weight is 1930 g/mol. The molecule has 4 unspecified atom stereocenters. The number of aliphatic hydroxyl groups is 5. The van der Waals surface area contributed by atoms with Gasteiger partial charge < -0.3 is 102 Å². The maximum absolute atomic E-state index is 12.7. The number of rotatable bonds is 27. The lowest BCUT2D eigenvalue weighted by Gasteiger charge is -2.16. The second kappa shape index (κ2) is 44.5. The molecule has 20 N–H and O–H groups in total. The number of anilines is 1. The van der Waals surface area contributed by atoms with Gasteiger partial charge in [0, 0.05) is 121 Å². The fourth-order valence-electron chi connectivity index (χ4n) is 15.4. The zero-order chi connectivity index (χ0) is 96.3. The number of nitrogens with zero attached hydrogens (tertiary/aromatic N) is 12. The molecule has 0 saturated heterocycles. The Morgan fingerprint density at radius 1 is 0.370 bits per heavy atom. The summed E-state index contributed by atoms with van der Waals surface area (Å²) in [4.78, 5) is 142. The van der Waals surface area contributed by atoms with Crippen LogP contribution in [0.2, 0.25) is 20.1 Å². The van der Waals surface area contributed by atoms with Crippen LogP contribution in [0.1, 0.15) is 141 Å². The Labute approximate surface area is 804 Å². The van der Waals surface area contributed by atoms with Gasteiger partial charge in [-0.15, -0.1) is 0 Å². The van der Waals surface area contributed by atoms with Gasteiger partial charge in [0.1, 0.15) is 105 Å².